The smallest absolute Gasteiger partial charge is 0.408 e. The summed E-state index contributed by atoms with van der Waals surface area (Å²) in [7, 11) is -3.22. The summed E-state index contributed by atoms with van der Waals surface area (Å²) in [4.78, 5) is 25.5. The molecular weight excluding hydrogens is 456 g/mol. The molecule has 2 atom stereocenters. The van der Waals surface area contributed by atoms with E-state index >= 15 is 0 Å². The number of sulfone groups is 1. The number of aromatic nitrogens is 2. The van der Waals surface area contributed by atoms with E-state index in [9.17, 15) is 18.0 Å². The molecule has 12 heteroatoms. The van der Waals surface area contributed by atoms with Crippen molar-refractivity contribution >= 4 is 39.3 Å². The molecule has 0 radical (unpaired) electrons. The summed E-state index contributed by atoms with van der Waals surface area (Å²) in [6.07, 6.45) is 0.611. The fraction of sp³-hybridized carbons (Fsp3) is 0.500. The van der Waals surface area contributed by atoms with Crippen LogP contribution in [0.15, 0.2) is 27.5 Å². The van der Waals surface area contributed by atoms with Gasteiger partial charge in [-0.3, -0.25) is 4.79 Å². The molecule has 2 heterocycles. The number of hydrogen-bond acceptors (Lipinski definition) is 9. The molecule has 1 aliphatic heterocycles. The minimum Gasteiger partial charge on any atom is -0.444 e. The number of hydrogen-bond donors (Lipinski definition) is 2. The zero-order valence-corrected chi connectivity index (χ0v) is 20.1. The fourth-order valence-electron chi connectivity index (χ4n) is 2.76. The summed E-state index contributed by atoms with van der Waals surface area (Å²) in [5.74, 6) is 0.404. The molecule has 1 unspecified atom stereocenters. The third-order valence-corrected chi connectivity index (χ3v) is 7.35. The number of nitrogens with one attached hydrogen (secondary N) is 2. The van der Waals surface area contributed by atoms with Crippen molar-refractivity contribution in [1.82, 2.24) is 15.5 Å². The van der Waals surface area contributed by atoms with Crippen LogP contribution in [0.5, 0.6) is 0 Å². The van der Waals surface area contributed by atoms with E-state index in [0.29, 0.717) is 17.0 Å². The molecule has 0 fully saturated rings. The van der Waals surface area contributed by atoms with Gasteiger partial charge in [0.05, 0.1) is 10.9 Å². The highest BCUT2D eigenvalue weighted by Gasteiger charge is 2.28. The Morgan fingerprint density at radius 3 is 2.75 bits per heavy atom. The van der Waals surface area contributed by atoms with Crippen LogP contribution in [0.25, 0.3) is 11.5 Å². The first-order valence-corrected chi connectivity index (χ1v) is 12.8. The number of alkyl carbamates (subject to hydrolysis) is 1. The molecule has 2 N–H and O–H groups in total. The van der Waals surface area contributed by atoms with Crippen molar-refractivity contribution in [3.05, 3.63) is 24.1 Å². The number of carbonyl (C=O) groups excluding carboxylic acids is 2. The van der Waals surface area contributed by atoms with E-state index in [1.165, 1.54) is 11.8 Å². The molecule has 2 aromatic rings. The second-order valence-electron chi connectivity index (χ2n) is 8.56. The topological polar surface area (TPSA) is 140 Å². The van der Waals surface area contributed by atoms with E-state index < -0.39 is 32.8 Å². The zero-order chi connectivity index (χ0) is 23.7. The molecule has 0 saturated carbocycles. The molecule has 2 amide bonds. The number of ether oxygens (including phenoxy) is 1. The van der Waals surface area contributed by atoms with Gasteiger partial charge in [-0.1, -0.05) is 0 Å². The number of nitrogens with zero attached hydrogens (tertiary/aromatic N) is 2. The number of carbonyl (C=O) groups is 2. The van der Waals surface area contributed by atoms with Crippen LogP contribution in [0.2, 0.25) is 0 Å². The molecule has 32 heavy (non-hydrogen) atoms. The standard InChI is InChI=1S/C20H26N4O6S2/c1-11(32(5,27)28)8-16-23-24-18(29-16)12-6-7-15-13(9-12)21-17(25)14(10-31-15)22-19(26)30-20(2,3)4/h6-7,9,11,14H,8,10H2,1-5H3,(H,21,25)(H,22,26)/t11?,14-/m0/s1. The normalized spacial score (nSPS) is 17.7. The lowest BCUT2D eigenvalue weighted by Gasteiger charge is -2.22. The Hall–Kier alpha value is -2.60. The Kier molecular flexibility index (Phi) is 6.84. The number of thioether (sulfide) groups is 1. The van der Waals surface area contributed by atoms with Gasteiger partial charge in [-0.25, -0.2) is 13.2 Å². The quantitative estimate of drug-likeness (QED) is 0.658. The lowest BCUT2D eigenvalue weighted by atomic mass is 10.2. The van der Waals surface area contributed by atoms with Crippen LogP contribution in [-0.4, -0.2) is 59.5 Å². The largest absolute Gasteiger partial charge is 0.444 e. The Morgan fingerprint density at radius 2 is 2.09 bits per heavy atom. The van der Waals surface area contributed by atoms with E-state index in [-0.39, 0.29) is 24.1 Å². The number of fused-ring (bicyclic) bond motifs is 1. The van der Waals surface area contributed by atoms with E-state index in [2.05, 4.69) is 20.8 Å². The van der Waals surface area contributed by atoms with E-state index in [0.717, 1.165) is 11.2 Å². The van der Waals surface area contributed by atoms with Crippen LogP contribution in [0, 0.1) is 0 Å². The van der Waals surface area contributed by atoms with Crippen LogP contribution in [0.1, 0.15) is 33.6 Å². The predicted octanol–water partition coefficient (Wildman–Crippen LogP) is 2.65. The Labute approximate surface area is 190 Å². The second-order valence-corrected chi connectivity index (χ2v) is 12.1. The van der Waals surface area contributed by atoms with Crippen molar-refractivity contribution in [3.8, 4) is 11.5 Å². The number of anilines is 1. The highest BCUT2D eigenvalue weighted by atomic mass is 32.2. The first-order chi connectivity index (χ1) is 14.8. The SMILES string of the molecule is CC(Cc1nnc(-c2ccc3c(c2)NC(=O)[C@@H](NC(=O)OC(C)(C)C)CS3)o1)S(C)(=O)=O. The summed E-state index contributed by atoms with van der Waals surface area (Å²) >= 11 is 1.41. The molecule has 1 aliphatic rings. The van der Waals surface area contributed by atoms with Crippen molar-refractivity contribution in [1.29, 1.82) is 0 Å². The van der Waals surface area contributed by atoms with Gasteiger partial charge >= 0.3 is 6.09 Å². The Morgan fingerprint density at radius 1 is 1.38 bits per heavy atom. The van der Waals surface area contributed by atoms with Gasteiger partial charge in [0.25, 0.3) is 0 Å². The van der Waals surface area contributed by atoms with Gasteiger partial charge in [-0.05, 0) is 45.9 Å². The second kappa shape index (κ2) is 9.10. The number of rotatable bonds is 5. The minimum atomic E-state index is -3.22. The fourth-order valence-corrected chi connectivity index (χ4v) is 4.22. The van der Waals surface area contributed by atoms with Crippen LogP contribution in [0.4, 0.5) is 10.5 Å². The van der Waals surface area contributed by atoms with E-state index in [1.807, 2.05) is 6.07 Å². The zero-order valence-electron chi connectivity index (χ0n) is 18.5. The van der Waals surface area contributed by atoms with Gasteiger partial charge in [0.2, 0.25) is 17.7 Å². The van der Waals surface area contributed by atoms with Gasteiger partial charge in [0.15, 0.2) is 9.84 Å². The van der Waals surface area contributed by atoms with Gasteiger partial charge < -0.3 is 19.8 Å². The average Bonchev–Trinajstić information content (AvgIpc) is 3.05. The third-order valence-electron chi connectivity index (χ3n) is 4.56. The van der Waals surface area contributed by atoms with Crippen LogP contribution in [-0.2, 0) is 25.8 Å². The summed E-state index contributed by atoms with van der Waals surface area (Å²) in [6, 6.07) is 4.52. The summed E-state index contributed by atoms with van der Waals surface area (Å²) < 4.78 is 34.1. The monoisotopic (exact) mass is 482 g/mol. The molecule has 174 valence electrons. The molecule has 0 aliphatic carbocycles. The minimum absolute atomic E-state index is 0.112. The van der Waals surface area contributed by atoms with Crippen molar-refractivity contribution in [2.45, 2.75) is 55.9 Å². The van der Waals surface area contributed by atoms with Gasteiger partial charge in [-0.2, -0.15) is 0 Å². The molecule has 1 aromatic carbocycles. The van der Waals surface area contributed by atoms with Crippen LogP contribution in [0.3, 0.4) is 0 Å². The van der Waals surface area contributed by atoms with Gasteiger partial charge in [0.1, 0.15) is 11.6 Å². The first kappa shape index (κ1) is 24.1. The van der Waals surface area contributed by atoms with Gasteiger partial charge in [-0.15, -0.1) is 22.0 Å². The van der Waals surface area contributed by atoms with Crippen LogP contribution < -0.4 is 10.6 Å². The maximum absolute atomic E-state index is 12.6. The number of benzene rings is 1. The molecule has 0 spiro atoms. The van der Waals surface area contributed by atoms with Crippen molar-refractivity contribution in [2.24, 2.45) is 0 Å². The molecule has 0 bridgehead atoms. The molecule has 10 nitrogen and oxygen atoms in total. The average molecular weight is 483 g/mol. The summed E-state index contributed by atoms with van der Waals surface area (Å²) in [6.45, 7) is 6.82. The third kappa shape index (κ3) is 6.22. The Balaban J connectivity index is 1.73. The lowest BCUT2D eigenvalue weighted by Crippen LogP contribution is -2.46. The summed E-state index contributed by atoms with van der Waals surface area (Å²) in [5, 5.41) is 12.7. The highest BCUT2D eigenvalue weighted by Crippen LogP contribution is 2.34. The van der Waals surface area contributed by atoms with Crippen molar-refractivity contribution < 1.29 is 27.2 Å². The van der Waals surface area contributed by atoms with E-state index in [1.54, 1.807) is 39.8 Å². The lowest BCUT2D eigenvalue weighted by molar-refractivity contribution is -0.117. The molecule has 0 saturated heterocycles. The highest BCUT2D eigenvalue weighted by molar-refractivity contribution is 7.99. The molecular formula is C20H26N4O6S2. The first-order valence-electron chi connectivity index (χ1n) is 9.90. The maximum Gasteiger partial charge on any atom is 0.408 e. The molecule has 3 rings (SSSR count). The van der Waals surface area contributed by atoms with Gasteiger partial charge in [0, 0.05) is 28.9 Å². The van der Waals surface area contributed by atoms with Crippen molar-refractivity contribution in [3.63, 3.8) is 0 Å². The summed E-state index contributed by atoms with van der Waals surface area (Å²) in [5.41, 5.74) is 0.461. The van der Waals surface area contributed by atoms with Crippen LogP contribution >= 0.6 is 11.8 Å². The number of amides is 2. The van der Waals surface area contributed by atoms with Crippen molar-refractivity contribution in [2.75, 3.05) is 17.3 Å². The maximum atomic E-state index is 12.6. The Bertz CT molecular complexity index is 1120. The molecule has 1 aromatic heterocycles. The van der Waals surface area contributed by atoms with E-state index in [4.69, 9.17) is 9.15 Å². The predicted molar refractivity (Wildman–Crippen MR) is 120 cm³/mol.